The van der Waals surface area contributed by atoms with Gasteiger partial charge < -0.3 is 9.47 Å². The lowest BCUT2D eigenvalue weighted by atomic mass is 10.2. The zero-order chi connectivity index (χ0) is 16.9. The maximum absolute atomic E-state index is 12.5. The molecular formula is C16H10F3NO3. The molecule has 0 amide bonds. The molecular weight excluding hydrogens is 311 g/mol. The molecule has 0 aliphatic rings. The molecule has 0 unspecified atom stereocenters. The van der Waals surface area contributed by atoms with Crippen LogP contribution in [0.4, 0.5) is 13.2 Å². The van der Waals surface area contributed by atoms with E-state index in [1.165, 1.54) is 36.4 Å². The molecule has 0 aliphatic heterocycles. The first-order chi connectivity index (χ1) is 10.9. The van der Waals surface area contributed by atoms with Gasteiger partial charge in [0.1, 0.15) is 11.5 Å². The van der Waals surface area contributed by atoms with E-state index in [1.807, 2.05) is 6.07 Å². The number of hydrogen-bond donors (Lipinski definition) is 0. The van der Waals surface area contributed by atoms with Gasteiger partial charge in [0.2, 0.25) is 0 Å². The van der Waals surface area contributed by atoms with Gasteiger partial charge in [0.05, 0.1) is 17.2 Å². The molecule has 2 aromatic carbocycles. The molecule has 0 N–H and O–H groups in total. The number of hydrogen-bond acceptors (Lipinski definition) is 4. The van der Waals surface area contributed by atoms with Crippen molar-refractivity contribution in [3.63, 3.8) is 0 Å². The van der Waals surface area contributed by atoms with E-state index < -0.39 is 24.3 Å². The highest BCUT2D eigenvalue weighted by atomic mass is 19.4. The molecule has 0 atom stereocenters. The number of rotatable bonds is 4. The van der Waals surface area contributed by atoms with Crippen molar-refractivity contribution < 1.29 is 27.4 Å². The van der Waals surface area contributed by atoms with Crippen LogP contribution in [0, 0.1) is 11.3 Å². The van der Waals surface area contributed by atoms with Crippen molar-refractivity contribution in [1.29, 1.82) is 5.26 Å². The number of esters is 1. The number of ether oxygens (including phenoxy) is 2. The van der Waals surface area contributed by atoms with Gasteiger partial charge in [-0.1, -0.05) is 6.07 Å². The van der Waals surface area contributed by atoms with Crippen LogP contribution in [0.5, 0.6) is 11.5 Å². The van der Waals surface area contributed by atoms with Crippen molar-refractivity contribution in [2.45, 2.75) is 6.18 Å². The van der Waals surface area contributed by atoms with Gasteiger partial charge in [0.25, 0.3) is 0 Å². The highest BCUT2D eigenvalue weighted by molar-refractivity contribution is 5.74. The smallest absolute Gasteiger partial charge is 0.416 e. The van der Waals surface area contributed by atoms with Crippen LogP contribution in [-0.2, 0) is 11.0 Å². The number of alkyl halides is 3. The summed E-state index contributed by atoms with van der Waals surface area (Å²) in [6, 6.07) is 11.9. The van der Waals surface area contributed by atoms with Crippen LogP contribution in [0.1, 0.15) is 11.1 Å². The first-order valence-corrected chi connectivity index (χ1v) is 6.39. The van der Waals surface area contributed by atoms with E-state index in [9.17, 15) is 18.0 Å². The number of carbonyl (C=O) groups excluding carboxylic acids is 1. The number of nitriles is 1. The second-order valence-corrected chi connectivity index (χ2v) is 4.42. The van der Waals surface area contributed by atoms with Crippen LogP contribution in [0.25, 0.3) is 0 Å². The van der Waals surface area contributed by atoms with Crippen molar-refractivity contribution in [3.05, 3.63) is 59.7 Å². The first-order valence-electron chi connectivity index (χ1n) is 6.39. The molecule has 0 aliphatic carbocycles. The largest absolute Gasteiger partial charge is 0.482 e. The summed E-state index contributed by atoms with van der Waals surface area (Å²) in [5.74, 6) is -0.648. The van der Waals surface area contributed by atoms with Gasteiger partial charge in [-0.05, 0) is 42.5 Å². The number of carbonyl (C=O) groups is 1. The lowest BCUT2D eigenvalue weighted by Crippen LogP contribution is -2.18. The topological polar surface area (TPSA) is 59.3 Å². The fourth-order valence-corrected chi connectivity index (χ4v) is 1.66. The Kier molecular flexibility index (Phi) is 4.86. The first kappa shape index (κ1) is 16.4. The summed E-state index contributed by atoms with van der Waals surface area (Å²) in [6.07, 6.45) is -4.48. The Labute approximate surface area is 129 Å². The summed E-state index contributed by atoms with van der Waals surface area (Å²) in [7, 11) is 0. The zero-order valence-corrected chi connectivity index (χ0v) is 11.6. The van der Waals surface area contributed by atoms with Crippen LogP contribution in [0.2, 0.25) is 0 Å². The minimum absolute atomic E-state index is 0.0865. The predicted octanol–water partition coefficient (Wildman–Crippen LogP) is 3.56. The molecule has 0 radical (unpaired) electrons. The Morgan fingerprint density at radius 2 is 1.78 bits per heavy atom. The maximum atomic E-state index is 12.5. The van der Waals surface area contributed by atoms with Crippen LogP contribution >= 0.6 is 0 Å². The van der Waals surface area contributed by atoms with E-state index in [0.29, 0.717) is 5.56 Å². The maximum Gasteiger partial charge on any atom is 0.416 e. The van der Waals surface area contributed by atoms with Crippen molar-refractivity contribution in [3.8, 4) is 17.6 Å². The van der Waals surface area contributed by atoms with E-state index in [-0.39, 0.29) is 11.5 Å². The molecule has 0 bridgehead atoms. The van der Waals surface area contributed by atoms with Gasteiger partial charge in [-0.3, -0.25) is 0 Å². The Balaban J connectivity index is 1.93. The SMILES string of the molecule is N#Cc1ccc(OC(=O)COc2cccc(C(F)(F)F)c2)cc1. The van der Waals surface area contributed by atoms with E-state index >= 15 is 0 Å². The highest BCUT2D eigenvalue weighted by Gasteiger charge is 2.30. The minimum Gasteiger partial charge on any atom is -0.482 e. The summed E-state index contributed by atoms with van der Waals surface area (Å²) >= 11 is 0. The minimum atomic E-state index is -4.48. The van der Waals surface area contributed by atoms with Gasteiger partial charge in [-0.2, -0.15) is 18.4 Å². The monoisotopic (exact) mass is 321 g/mol. The Morgan fingerprint density at radius 3 is 2.39 bits per heavy atom. The average Bonchev–Trinajstić information content (AvgIpc) is 2.53. The molecule has 23 heavy (non-hydrogen) atoms. The number of halogens is 3. The molecule has 118 valence electrons. The third kappa shape index (κ3) is 4.74. The molecule has 0 saturated heterocycles. The van der Waals surface area contributed by atoms with Gasteiger partial charge >= 0.3 is 12.1 Å². The summed E-state index contributed by atoms with van der Waals surface area (Å²) in [6.45, 7) is -0.540. The second-order valence-electron chi connectivity index (χ2n) is 4.42. The van der Waals surface area contributed by atoms with E-state index in [0.717, 1.165) is 12.1 Å². The van der Waals surface area contributed by atoms with Crippen LogP contribution in [-0.4, -0.2) is 12.6 Å². The lowest BCUT2D eigenvalue weighted by Gasteiger charge is -2.10. The Morgan fingerprint density at radius 1 is 1.09 bits per heavy atom. The Bertz CT molecular complexity index is 733. The normalized spacial score (nSPS) is 10.7. The lowest BCUT2D eigenvalue weighted by molar-refractivity contribution is -0.137. The third-order valence-electron chi connectivity index (χ3n) is 2.73. The average molecular weight is 321 g/mol. The number of benzene rings is 2. The van der Waals surface area contributed by atoms with E-state index in [1.54, 1.807) is 0 Å². The summed E-state index contributed by atoms with van der Waals surface area (Å²) in [4.78, 5) is 11.6. The summed E-state index contributed by atoms with van der Waals surface area (Å²) in [5.41, 5.74) is -0.458. The van der Waals surface area contributed by atoms with Gasteiger partial charge in [-0.15, -0.1) is 0 Å². The molecule has 2 aromatic rings. The van der Waals surface area contributed by atoms with Crippen molar-refractivity contribution >= 4 is 5.97 Å². The van der Waals surface area contributed by atoms with Gasteiger partial charge in [0, 0.05) is 0 Å². The molecule has 0 heterocycles. The zero-order valence-electron chi connectivity index (χ0n) is 11.6. The van der Waals surface area contributed by atoms with Crippen LogP contribution in [0.15, 0.2) is 48.5 Å². The quantitative estimate of drug-likeness (QED) is 0.638. The molecule has 0 fully saturated rings. The van der Waals surface area contributed by atoms with Crippen molar-refractivity contribution in [1.82, 2.24) is 0 Å². The fraction of sp³-hybridized carbons (Fsp3) is 0.125. The van der Waals surface area contributed by atoms with E-state index in [2.05, 4.69) is 0 Å². The van der Waals surface area contributed by atoms with Crippen LogP contribution < -0.4 is 9.47 Å². The molecule has 0 spiro atoms. The molecule has 7 heteroatoms. The van der Waals surface area contributed by atoms with Crippen LogP contribution in [0.3, 0.4) is 0 Å². The standard InChI is InChI=1S/C16H10F3NO3/c17-16(18,19)12-2-1-3-14(8-12)22-10-15(21)23-13-6-4-11(9-20)5-7-13/h1-8H,10H2. The van der Waals surface area contributed by atoms with Crippen molar-refractivity contribution in [2.75, 3.05) is 6.61 Å². The molecule has 0 saturated carbocycles. The van der Waals surface area contributed by atoms with Crippen molar-refractivity contribution in [2.24, 2.45) is 0 Å². The molecule has 4 nitrogen and oxygen atoms in total. The summed E-state index contributed by atoms with van der Waals surface area (Å²) in [5, 5.41) is 8.64. The number of nitrogens with zero attached hydrogens (tertiary/aromatic N) is 1. The van der Waals surface area contributed by atoms with Gasteiger partial charge in [0.15, 0.2) is 6.61 Å². The van der Waals surface area contributed by atoms with E-state index in [4.69, 9.17) is 14.7 Å². The molecule has 2 rings (SSSR count). The fourth-order valence-electron chi connectivity index (χ4n) is 1.66. The second kappa shape index (κ2) is 6.83. The van der Waals surface area contributed by atoms with Gasteiger partial charge in [-0.25, -0.2) is 4.79 Å². The predicted molar refractivity (Wildman–Crippen MR) is 73.7 cm³/mol. The third-order valence-corrected chi connectivity index (χ3v) is 2.73. The summed E-state index contributed by atoms with van der Waals surface area (Å²) < 4.78 is 47.6. The molecule has 0 aromatic heterocycles. The highest BCUT2D eigenvalue weighted by Crippen LogP contribution is 2.31. The Hall–Kier alpha value is -3.01.